The minimum atomic E-state index is -3.51. The second-order valence-corrected chi connectivity index (χ2v) is 7.63. The second kappa shape index (κ2) is 7.75. The number of hydrogen-bond acceptors (Lipinski definition) is 3. The molecule has 20 heavy (non-hydrogen) atoms. The topological polar surface area (TPSA) is 75.3 Å². The summed E-state index contributed by atoms with van der Waals surface area (Å²) in [7, 11) is -3.51. The van der Waals surface area contributed by atoms with Gasteiger partial charge in [0.15, 0.2) is 0 Å². The van der Waals surface area contributed by atoms with Crippen LogP contribution in [0, 0.1) is 5.92 Å². The van der Waals surface area contributed by atoms with E-state index in [9.17, 15) is 13.2 Å². The minimum absolute atomic E-state index is 0.141. The quantitative estimate of drug-likeness (QED) is 0.774. The molecule has 0 fully saturated rings. The van der Waals surface area contributed by atoms with Gasteiger partial charge in [-0.25, -0.2) is 13.1 Å². The summed E-state index contributed by atoms with van der Waals surface area (Å²) < 4.78 is 26.8. The lowest BCUT2D eigenvalue weighted by atomic mass is 10.2. The number of nitrogens with one attached hydrogen (secondary N) is 2. The zero-order valence-electron chi connectivity index (χ0n) is 11.5. The molecule has 0 spiro atoms. The number of sulfonamides is 1. The first kappa shape index (κ1) is 17.1. The molecule has 7 heteroatoms. The Morgan fingerprint density at radius 1 is 1.25 bits per heavy atom. The molecule has 1 amide bonds. The van der Waals surface area contributed by atoms with Crippen molar-refractivity contribution in [3.8, 4) is 0 Å². The van der Waals surface area contributed by atoms with E-state index in [1.807, 2.05) is 13.8 Å². The summed E-state index contributed by atoms with van der Waals surface area (Å²) in [5.41, 5.74) is 0.670. The van der Waals surface area contributed by atoms with Gasteiger partial charge in [0.05, 0.1) is 12.3 Å². The van der Waals surface area contributed by atoms with Crippen molar-refractivity contribution in [2.75, 3.05) is 13.1 Å². The highest BCUT2D eigenvalue weighted by Gasteiger charge is 2.13. The summed E-state index contributed by atoms with van der Waals surface area (Å²) in [6.07, 6.45) is 0. The average molecular weight is 363 g/mol. The molecule has 1 rings (SSSR count). The van der Waals surface area contributed by atoms with Crippen molar-refractivity contribution in [2.24, 2.45) is 5.92 Å². The molecule has 0 aliphatic rings. The van der Waals surface area contributed by atoms with Gasteiger partial charge in [-0.3, -0.25) is 4.79 Å². The van der Waals surface area contributed by atoms with Gasteiger partial charge in [0.2, 0.25) is 15.9 Å². The Bertz CT molecular complexity index is 541. The molecule has 0 saturated carbocycles. The van der Waals surface area contributed by atoms with Crippen LogP contribution in [0.2, 0.25) is 0 Å². The fourth-order valence-electron chi connectivity index (χ4n) is 1.41. The molecule has 0 heterocycles. The molecule has 0 saturated heterocycles. The smallest absolute Gasteiger partial charge is 0.235 e. The van der Waals surface area contributed by atoms with E-state index in [2.05, 4.69) is 26.0 Å². The van der Waals surface area contributed by atoms with Crippen molar-refractivity contribution >= 4 is 31.9 Å². The number of benzene rings is 1. The largest absolute Gasteiger partial charge is 0.355 e. The number of hydrogen-bond donors (Lipinski definition) is 2. The Kier molecular flexibility index (Phi) is 6.64. The van der Waals surface area contributed by atoms with Crippen molar-refractivity contribution in [3.63, 3.8) is 0 Å². The van der Waals surface area contributed by atoms with Crippen molar-refractivity contribution in [3.05, 3.63) is 34.3 Å². The van der Waals surface area contributed by atoms with Gasteiger partial charge in [-0.05, 0) is 23.6 Å². The van der Waals surface area contributed by atoms with Gasteiger partial charge in [0.1, 0.15) is 0 Å². The molecule has 0 atom stereocenters. The number of carbonyl (C=O) groups excluding carboxylic acids is 1. The molecule has 0 aliphatic heterocycles. The van der Waals surface area contributed by atoms with Crippen molar-refractivity contribution < 1.29 is 13.2 Å². The van der Waals surface area contributed by atoms with Gasteiger partial charge in [0.25, 0.3) is 0 Å². The van der Waals surface area contributed by atoms with E-state index in [0.717, 1.165) is 4.47 Å². The first-order valence-corrected chi connectivity index (χ1v) is 8.71. The van der Waals surface area contributed by atoms with E-state index in [-0.39, 0.29) is 18.2 Å². The Balaban J connectivity index is 2.45. The van der Waals surface area contributed by atoms with Crippen LogP contribution in [0.15, 0.2) is 28.7 Å². The Hall–Kier alpha value is -0.920. The van der Waals surface area contributed by atoms with Gasteiger partial charge in [0, 0.05) is 11.0 Å². The molecule has 0 bridgehead atoms. The zero-order chi connectivity index (χ0) is 15.2. The predicted molar refractivity (Wildman–Crippen MR) is 82.6 cm³/mol. The van der Waals surface area contributed by atoms with E-state index < -0.39 is 10.0 Å². The van der Waals surface area contributed by atoms with Gasteiger partial charge in [-0.1, -0.05) is 41.9 Å². The molecule has 1 aromatic rings. The Morgan fingerprint density at radius 3 is 2.40 bits per heavy atom. The molecule has 0 unspecified atom stereocenters. The third kappa shape index (κ3) is 7.02. The lowest BCUT2D eigenvalue weighted by molar-refractivity contribution is -0.120. The lowest BCUT2D eigenvalue weighted by Gasteiger charge is -2.09. The molecule has 5 nitrogen and oxygen atoms in total. The predicted octanol–water partition coefficient (Wildman–Crippen LogP) is 1.64. The maximum absolute atomic E-state index is 11.8. The summed E-state index contributed by atoms with van der Waals surface area (Å²) in [6, 6.07) is 7.00. The van der Waals surface area contributed by atoms with Crippen molar-refractivity contribution in [1.29, 1.82) is 0 Å². The number of amides is 1. The Labute approximate surface area is 128 Å². The molecular formula is C13H19BrN2O3S. The number of halogens is 1. The van der Waals surface area contributed by atoms with Crippen LogP contribution in [0.1, 0.15) is 19.4 Å². The maximum Gasteiger partial charge on any atom is 0.235 e. The van der Waals surface area contributed by atoms with E-state index in [0.29, 0.717) is 18.0 Å². The summed E-state index contributed by atoms with van der Waals surface area (Å²) >= 11 is 3.29. The normalized spacial score (nSPS) is 11.6. The SMILES string of the molecule is CC(C)CNC(=O)CNS(=O)(=O)Cc1ccc(Br)cc1. The molecule has 0 aromatic heterocycles. The van der Waals surface area contributed by atoms with Crippen LogP contribution in [0.25, 0.3) is 0 Å². The van der Waals surface area contributed by atoms with Crippen molar-refractivity contribution in [1.82, 2.24) is 10.0 Å². The third-order valence-electron chi connectivity index (χ3n) is 2.43. The summed E-state index contributed by atoms with van der Waals surface area (Å²) in [6.45, 7) is 4.24. The van der Waals surface area contributed by atoms with Crippen LogP contribution in [0.3, 0.4) is 0 Å². The fourth-order valence-corrected chi connectivity index (χ4v) is 2.76. The first-order chi connectivity index (χ1) is 9.28. The van der Waals surface area contributed by atoms with E-state index in [1.165, 1.54) is 0 Å². The van der Waals surface area contributed by atoms with Crippen LogP contribution in [-0.2, 0) is 20.6 Å². The summed E-state index contributed by atoms with van der Waals surface area (Å²) in [5, 5.41) is 2.65. The van der Waals surface area contributed by atoms with Crippen LogP contribution < -0.4 is 10.0 Å². The van der Waals surface area contributed by atoms with E-state index in [1.54, 1.807) is 24.3 Å². The lowest BCUT2D eigenvalue weighted by Crippen LogP contribution is -2.38. The highest BCUT2D eigenvalue weighted by Crippen LogP contribution is 2.12. The highest BCUT2D eigenvalue weighted by atomic mass is 79.9. The van der Waals surface area contributed by atoms with Gasteiger partial charge in [-0.15, -0.1) is 0 Å². The summed E-state index contributed by atoms with van der Waals surface area (Å²) in [5.74, 6) is -0.131. The van der Waals surface area contributed by atoms with Crippen molar-refractivity contribution in [2.45, 2.75) is 19.6 Å². The molecule has 0 radical (unpaired) electrons. The molecule has 0 aliphatic carbocycles. The van der Waals surface area contributed by atoms with Crippen LogP contribution in [-0.4, -0.2) is 27.4 Å². The molecule has 112 valence electrons. The Morgan fingerprint density at radius 2 is 1.85 bits per heavy atom. The monoisotopic (exact) mass is 362 g/mol. The maximum atomic E-state index is 11.8. The first-order valence-electron chi connectivity index (χ1n) is 6.27. The zero-order valence-corrected chi connectivity index (χ0v) is 13.9. The number of carbonyl (C=O) groups is 1. The van der Waals surface area contributed by atoms with E-state index >= 15 is 0 Å². The third-order valence-corrected chi connectivity index (χ3v) is 4.26. The van der Waals surface area contributed by atoms with Crippen LogP contribution in [0.4, 0.5) is 0 Å². The minimum Gasteiger partial charge on any atom is -0.355 e. The average Bonchev–Trinajstić information content (AvgIpc) is 2.36. The molecular weight excluding hydrogens is 344 g/mol. The van der Waals surface area contributed by atoms with Crippen LogP contribution >= 0.6 is 15.9 Å². The molecule has 1 aromatic carbocycles. The van der Waals surface area contributed by atoms with Gasteiger partial charge < -0.3 is 5.32 Å². The second-order valence-electron chi connectivity index (χ2n) is 4.90. The standard InChI is InChI=1S/C13H19BrN2O3S/c1-10(2)7-15-13(17)8-16-20(18,19)9-11-3-5-12(14)6-4-11/h3-6,10,16H,7-9H2,1-2H3,(H,15,17). The summed E-state index contributed by atoms with van der Waals surface area (Å²) in [4.78, 5) is 11.4. The van der Waals surface area contributed by atoms with E-state index in [4.69, 9.17) is 0 Å². The van der Waals surface area contributed by atoms with Crippen LogP contribution in [0.5, 0.6) is 0 Å². The number of rotatable bonds is 7. The highest BCUT2D eigenvalue weighted by molar-refractivity contribution is 9.10. The van der Waals surface area contributed by atoms with Gasteiger partial charge >= 0.3 is 0 Å². The van der Waals surface area contributed by atoms with Gasteiger partial charge in [-0.2, -0.15) is 0 Å². The fraction of sp³-hybridized carbons (Fsp3) is 0.462. The molecule has 2 N–H and O–H groups in total.